The molecule has 5 nitrogen and oxygen atoms in total. The fraction of sp³-hybridized carbons (Fsp3) is 0.267. The molecule has 0 saturated carbocycles. The van der Waals surface area contributed by atoms with Crippen molar-refractivity contribution in [2.75, 3.05) is 11.1 Å². The van der Waals surface area contributed by atoms with Crippen molar-refractivity contribution in [2.24, 2.45) is 0 Å². The summed E-state index contributed by atoms with van der Waals surface area (Å²) in [6.45, 7) is 7.76. The van der Waals surface area contributed by atoms with Crippen LogP contribution in [0.1, 0.15) is 31.9 Å². The lowest BCUT2D eigenvalue weighted by Gasteiger charge is -2.11. The van der Waals surface area contributed by atoms with Gasteiger partial charge in [0, 0.05) is 23.2 Å². The first-order valence-corrected chi connectivity index (χ1v) is 6.58. The van der Waals surface area contributed by atoms with Crippen LogP contribution in [-0.2, 0) is 0 Å². The topological polar surface area (TPSA) is 87.7 Å². The van der Waals surface area contributed by atoms with Crippen LogP contribution in [0.25, 0.3) is 0 Å². The van der Waals surface area contributed by atoms with Gasteiger partial charge in [-0.3, -0.25) is 0 Å². The molecule has 0 aliphatic heterocycles. The van der Waals surface area contributed by atoms with Crippen LogP contribution in [0, 0.1) is 12.3 Å². The Bertz CT molecular complexity index is 593. The number of nitrogens with two attached hydrogens (primary N) is 1. The van der Waals surface area contributed by atoms with Gasteiger partial charge in [-0.15, -0.1) is 0 Å². The highest BCUT2D eigenvalue weighted by Crippen LogP contribution is 2.21. The van der Waals surface area contributed by atoms with E-state index in [9.17, 15) is 0 Å². The zero-order valence-electron chi connectivity index (χ0n) is 12.4. The quantitative estimate of drug-likeness (QED) is 0.745. The van der Waals surface area contributed by atoms with E-state index in [4.69, 9.17) is 11.1 Å². The molecule has 5 heteroatoms. The molecule has 0 aliphatic carbocycles. The number of rotatable bonds is 3. The first kappa shape index (κ1) is 15.6. The number of hydrogen-bond acceptors (Lipinski definition) is 5. The van der Waals surface area contributed by atoms with Gasteiger partial charge in [0.15, 0.2) is 0 Å². The minimum Gasteiger partial charge on any atom is -0.368 e. The van der Waals surface area contributed by atoms with Crippen LogP contribution in [0.2, 0.25) is 0 Å². The molecule has 4 N–H and O–H groups in total. The standard InChI is InChI=1S/C13H15N5.C2H6/c1-8-3-4-10(9(2)14)11(7-8)17-12-5-6-16-13(15)18-12;1-2/h3-7,14H,1-2H3,(H3,15,16,17,18);1-2H3. The van der Waals surface area contributed by atoms with E-state index in [0.717, 1.165) is 16.8 Å². The Balaban J connectivity index is 0.000000956. The Labute approximate surface area is 119 Å². The number of aryl methyl sites for hydroxylation is 1. The van der Waals surface area contributed by atoms with Gasteiger partial charge in [0.1, 0.15) is 5.82 Å². The van der Waals surface area contributed by atoms with Crippen LogP contribution in [-0.4, -0.2) is 15.7 Å². The molecule has 0 atom stereocenters. The molecular weight excluding hydrogens is 250 g/mol. The SMILES string of the molecule is CC.CC(=N)c1ccc(C)cc1Nc1ccnc(N)n1. The normalized spacial score (nSPS) is 9.40. The van der Waals surface area contributed by atoms with Gasteiger partial charge < -0.3 is 16.5 Å². The van der Waals surface area contributed by atoms with Gasteiger partial charge in [-0.2, -0.15) is 4.98 Å². The number of nitrogens with zero attached hydrogens (tertiary/aromatic N) is 2. The Morgan fingerprint density at radius 3 is 2.55 bits per heavy atom. The number of aromatic nitrogens is 2. The molecule has 0 fully saturated rings. The molecule has 1 aromatic heterocycles. The minimum atomic E-state index is 0.223. The van der Waals surface area contributed by atoms with Crippen LogP contribution in [0.5, 0.6) is 0 Å². The molecule has 0 spiro atoms. The van der Waals surface area contributed by atoms with Crippen LogP contribution < -0.4 is 11.1 Å². The molecular formula is C15H21N5. The van der Waals surface area contributed by atoms with E-state index in [1.165, 1.54) is 0 Å². The summed E-state index contributed by atoms with van der Waals surface area (Å²) < 4.78 is 0. The molecule has 1 aromatic carbocycles. The lowest BCUT2D eigenvalue weighted by molar-refractivity contribution is 1.18. The van der Waals surface area contributed by atoms with Crippen LogP contribution in [0.4, 0.5) is 17.5 Å². The molecule has 0 amide bonds. The maximum Gasteiger partial charge on any atom is 0.221 e. The van der Waals surface area contributed by atoms with Crippen molar-refractivity contribution >= 4 is 23.2 Å². The van der Waals surface area contributed by atoms with Crippen molar-refractivity contribution in [3.05, 3.63) is 41.6 Å². The summed E-state index contributed by atoms with van der Waals surface area (Å²) in [5.74, 6) is 0.844. The molecule has 0 saturated heterocycles. The van der Waals surface area contributed by atoms with Gasteiger partial charge in [0.25, 0.3) is 0 Å². The molecule has 0 aliphatic rings. The van der Waals surface area contributed by atoms with E-state index in [1.807, 2.05) is 39.0 Å². The average molecular weight is 271 g/mol. The molecule has 2 rings (SSSR count). The van der Waals surface area contributed by atoms with Crippen molar-refractivity contribution < 1.29 is 0 Å². The third-order valence-electron chi connectivity index (χ3n) is 2.52. The van der Waals surface area contributed by atoms with Crippen molar-refractivity contribution in [1.82, 2.24) is 9.97 Å². The monoisotopic (exact) mass is 271 g/mol. The number of benzene rings is 1. The second-order valence-corrected chi connectivity index (χ2v) is 4.10. The molecule has 0 bridgehead atoms. The largest absolute Gasteiger partial charge is 0.368 e. The highest BCUT2D eigenvalue weighted by atomic mass is 15.1. The Morgan fingerprint density at radius 1 is 1.25 bits per heavy atom. The average Bonchev–Trinajstić information content (AvgIpc) is 2.40. The van der Waals surface area contributed by atoms with Gasteiger partial charge in [-0.25, -0.2) is 4.98 Å². The molecule has 0 unspecified atom stereocenters. The lowest BCUT2D eigenvalue weighted by atomic mass is 10.1. The molecule has 1 heterocycles. The van der Waals surface area contributed by atoms with Crippen molar-refractivity contribution in [1.29, 1.82) is 5.41 Å². The first-order chi connectivity index (χ1) is 9.56. The minimum absolute atomic E-state index is 0.223. The first-order valence-electron chi connectivity index (χ1n) is 6.58. The summed E-state index contributed by atoms with van der Waals surface area (Å²) in [7, 11) is 0. The zero-order valence-corrected chi connectivity index (χ0v) is 12.4. The van der Waals surface area contributed by atoms with Crippen LogP contribution in [0.15, 0.2) is 30.5 Å². The number of anilines is 3. The maximum absolute atomic E-state index is 7.76. The third-order valence-corrected chi connectivity index (χ3v) is 2.52. The van der Waals surface area contributed by atoms with Gasteiger partial charge in [0.2, 0.25) is 5.95 Å². The fourth-order valence-electron chi connectivity index (χ4n) is 1.67. The molecule has 106 valence electrons. The Kier molecular flexibility index (Phi) is 5.65. The van der Waals surface area contributed by atoms with Gasteiger partial charge in [-0.1, -0.05) is 26.0 Å². The fourth-order valence-corrected chi connectivity index (χ4v) is 1.67. The van der Waals surface area contributed by atoms with Gasteiger partial charge in [-0.05, 0) is 31.5 Å². The number of nitrogen functional groups attached to an aromatic ring is 1. The Hall–Kier alpha value is -2.43. The smallest absolute Gasteiger partial charge is 0.221 e. The second kappa shape index (κ2) is 7.23. The summed E-state index contributed by atoms with van der Waals surface area (Å²) in [5.41, 5.74) is 8.84. The summed E-state index contributed by atoms with van der Waals surface area (Å²) in [5, 5.41) is 10.9. The van der Waals surface area contributed by atoms with E-state index >= 15 is 0 Å². The van der Waals surface area contributed by atoms with E-state index in [2.05, 4.69) is 15.3 Å². The second-order valence-electron chi connectivity index (χ2n) is 4.10. The zero-order chi connectivity index (χ0) is 15.1. The molecule has 0 radical (unpaired) electrons. The van der Waals surface area contributed by atoms with Crippen molar-refractivity contribution in [3.63, 3.8) is 0 Å². The summed E-state index contributed by atoms with van der Waals surface area (Å²) in [6.07, 6.45) is 1.59. The van der Waals surface area contributed by atoms with Crippen molar-refractivity contribution in [3.8, 4) is 0 Å². The van der Waals surface area contributed by atoms with Gasteiger partial charge >= 0.3 is 0 Å². The van der Waals surface area contributed by atoms with E-state index < -0.39 is 0 Å². The predicted octanol–water partition coefficient (Wildman–Crippen LogP) is 3.52. The highest BCUT2D eigenvalue weighted by Gasteiger charge is 2.06. The van der Waals surface area contributed by atoms with Crippen LogP contribution in [0.3, 0.4) is 0 Å². The van der Waals surface area contributed by atoms with Gasteiger partial charge in [0.05, 0.1) is 0 Å². The highest BCUT2D eigenvalue weighted by molar-refractivity contribution is 6.02. The van der Waals surface area contributed by atoms with E-state index in [1.54, 1.807) is 19.2 Å². The number of hydrogen-bond donors (Lipinski definition) is 3. The third kappa shape index (κ3) is 4.05. The summed E-state index contributed by atoms with van der Waals surface area (Å²) in [4.78, 5) is 7.92. The summed E-state index contributed by atoms with van der Waals surface area (Å²) in [6, 6.07) is 7.62. The summed E-state index contributed by atoms with van der Waals surface area (Å²) >= 11 is 0. The van der Waals surface area contributed by atoms with Crippen molar-refractivity contribution in [2.45, 2.75) is 27.7 Å². The Morgan fingerprint density at radius 2 is 1.95 bits per heavy atom. The van der Waals surface area contributed by atoms with Crippen LogP contribution >= 0.6 is 0 Å². The molecule has 20 heavy (non-hydrogen) atoms. The maximum atomic E-state index is 7.76. The number of nitrogens with one attached hydrogen (secondary N) is 2. The molecule has 2 aromatic rings. The lowest BCUT2D eigenvalue weighted by Crippen LogP contribution is -2.03. The van der Waals surface area contributed by atoms with E-state index in [-0.39, 0.29) is 5.95 Å². The van der Waals surface area contributed by atoms with E-state index in [0.29, 0.717) is 11.5 Å². The predicted molar refractivity (Wildman–Crippen MR) is 84.8 cm³/mol.